The fourth-order valence-corrected chi connectivity index (χ4v) is 2.03. The highest BCUT2D eigenvalue weighted by Gasteiger charge is 2.31. The Morgan fingerprint density at radius 1 is 1.14 bits per heavy atom. The van der Waals surface area contributed by atoms with Gasteiger partial charge >= 0.3 is 5.97 Å². The van der Waals surface area contributed by atoms with E-state index in [-0.39, 0.29) is 11.9 Å². The minimum Gasteiger partial charge on any atom is -0.443 e. The van der Waals surface area contributed by atoms with Gasteiger partial charge in [-0.25, -0.2) is 4.79 Å². The molecule has 1 atom stereocenters. The standard InChI is InChI=1S/C16H16N2O3/c19-15(18-12-8-9-12)14(11-5-2-1-3-6-11)21-16(20)13-7-4-10-17-13/h1-7,10,12,14,17H,8-9H2,(H,18,19)/t14-/m1/s1. The van der Waals surface area contributed by atoms with E-state index in [0.29, 0.717) is 11.3 Å². The van der Waals surface area contributed by atoms with Gasteiger partial charge in [0.1, 0.15) is 5.69 Å². The molecule has 108 valence electrons. The van der Waals surface area contributed by atoms with Crippen LogP contribution < -0.4 is 5.32 Å². The summed E-state index contributed by atoms with van der Waals surface area (Å²) in [5.74, 6) is -0.816. The minimum absolute atomic E-state index is 0.216. The van der Waals surface area contributed by atoms with Gasteiger partial charge in [0, 0.05) is 17.8 Å². The van der Waals surface area contributed by atoms with Crippen LogP contribution in [-0.4, -0.2) is 22.9 Å². The first-order chi connectivity index (χ1) is 10.2. The van der Waals surface area contributed by atoms with Crippen LogP contribution >= 0.6 is 0 Å². The summed E-state index contributed by atoms with van der Waals surface area (Å²) in [7, 11) is 0. The van der Waals surface area contributed by atoms with Crippen molar-refractivity contribution >= 4 is 11.9 Å². The monoisotopic (exact) mass is 284 g/mol. The molecule has 21 heavy (non-hydrogen) atoms. The molecule has 0 saturated heterocycles. The van der Waals surface area contributed by atoms with E-state index in [4.69, 9.17) is 4.74 Å². The number of benzene rings is 1. The van der Waals surface area contributed by atoms with Gasteiger partial charge in [-0.2, -0.15) is 0 Å². The predicted octanol–water partition coefficient (Wildman–Crippen LogP) is 2.19. The number of hydrogen-bond donors (Lipinski definition) is 2. The average Bonchev–Trinajstić information content (AvgIpc) is 3.15. The van der Waals surface area contributed by atoms with E-state index in [1.54, 1.807) is 30.5 Å². The first-order valence-corrected chi connectivity index (χ1v) is 6.94. The molecule has 0 radical (unpaired) electrons. The van der Waals surface area contributed by atoms with E-state index in [2.05, 4.69) is 10.3 Å². The van der Waals surface area contributed by atoms with Gasteiger partial charge in [0.05, 0.1) is 0 Å². The molecule has 1 aliphatic rings. The first kappa shape index (κ1) is 13.4. The molecule has 3 rings (SSSR count). The SMILES string of the molecule is O=C(O[C@@H](C(=O)NC1CC1)c1ccccc1)c1ccc[nH]1. The second-order valence-electron chi connectivity index (χ2n) is 5.06. The van der Waals surface area contributed by atoms with Crippen LogP contribution in [0, 0.1) is 0 Å². The molecule has 5 heteroatoms. The zero-order valence-corrected chi connectivity index (χ0v) is 11.4. The zero-order valence-electron chi connectivity index (χ0n) is 11.4. The zero-order chi connectivity index (χ0) is 14.7. The minimum atomic E-state index is -0.928. The lowest BCUT2D eigenvalue weighted by atomic mass is 10.1. The normalized spacial score (nSPS) is 15.2. The van der Waals surface area contributed by atoms with Crippen molar-refractivity contribution in [1.82, 2.24) is 10.3 Å². The number of H-pyrrole nitrogens is 1. The molecule has 1 aliphatic carbocycles. The maximum Gasteiger partial charge on any atom is 0.355 e. The third kappa shape index (κ3) is 3.31. The molecule has 0 spiro atoms. The third-order valence-corrected chi connectivity index (χ3v) is 3.31. The van der Waals surface area contributed by atoms with Crippen LogP contribution in [0.3, 0.4) is 0 Å². The first-order valence-electron chi connectivity index (χ1n) is 6.94. The maximum atomic E-state index is 12.3. The van der Waals surface area contributed by atoms with E-state index in [9.17, 15) is 9.59 Å². The van der Waals surface area contributed by atoms with Gasteiger partial charge in [0.15, 0.2) is 0 Å². The lowest BCUT2D eigenvalue weighted by molar-refractivity contribution is -0.130. The Bertz CT molecular complexity index is 618. The smallest absolute Gasteiger partial charge is 0.355 e. The molecule has 0 aliphatic heterocycles. The van der Waals surface area contributed by atoms with Crippen LogP contribution in [0.5, 0.6) is 0 Å². The Morgan fingerprint density at radius 2 is 1.90 bits per heavy atom. The second kappa shape index (κ2) is 5.83. The van der Waals surface area contributed by atoms with E-state index in [1.807, 2.05) is 18.2 Å². The van der Waals surface area contributed by atoms with Gasteiger partial charge < -0.3 is 15.0 Å². The molecular weight excluding hydrogens is 268 g/mol. The molecular formula is C16H16N2O3. The summed E-state index contributed by atoms with van der Waals surface area (Å²) in [6.07, 6.45) is 2.68. The molecule has 1 heterocycles. The summed E-state index contributed by atoms with van der Waals surface area (Å²) in [6, 6.07) is 12.6. The van der Waals surface area contributed by atoms with Crippen LogP contribution in [0.15, 0.2) is 48.7 Å². The molecule has 1 aromatic heterocycles. The topological polar surface area (TPSA) is 71.2 Å². The van der Waals surface area contributed by atoms with Crippen LogP contribution in [0.2, 0.25) is 0 Å². The van der Waals surface area contributed by atoms with Crippen molar-refractivity contribution in [3.63, 3.8) is 0 Å². The highest BCUT2D eigenvalue weighted by molar-refractivity contribution is 5.91. The summed E-state index contributed by atoms with van der Waals surface area (Å²) in [4.78, 5) is 27.1. The second-order valence-corrected chi connectivity index (χ2v) is 5.06. The molecule has 1 amide bonds. The highest BCUT2D eigenvalue weighted by atomic mass is 16.5. The van der Waals surface area contributed by atoms with E-state index in [0.717, 1.165) is 12.8 Å². The van der Waals surface area contributed by atoms with Crippen molar-refractivity contribution in [3.8, 4) is 0 Å². The van der Waals surface area contributed by atoms with E-state index in [1.165, 1.54) is 0 Å². The number of rotatable bonds is 5. The third-order valence-electron chi connectivity index (χ3n) is 3.31. The molecule has 1 saturated carbocycles. The van der Waals surface area contributed by atoms with Gasteiger partial charge in [-0.3, -0.25) is 4.79 Å². The molecule has 2 N–H and O–H groups in total. The Balaban J connectivity index is 1.78. The fraction of sp³-hybridized carbons (Fsp3) is 0.250. The summed E-state index contributed by atoms with van der Waals surface area (Å²) >= 11 is 0. The van der Waals surface area contributed by atoms with Gasteiger partial charge in [-0.05, 0) is 25.0 Å². The van der Waals surface area contributed by atoms with E-state index < -0.39 is 12.1 Å². The van der Waals surface area contributed by atoms with Gasteiger partial charge in [0.25, 0.3) is 5.91 Å². The number of aromatic amines is 1. The molecule has 0 unspecified atom stereocenters. The molecule has 1 fully saturated rings. The Morgan fingerprint density at radius 3 is 2.52 bits per heavy atom. The average molecular weight is 284 g/mol. The van der Waals surface area contributed by atoms with Crippen molar-refractivity contribution in [3.05, 3.63) is 59.9 Å². The van der Waals surface area contributed by atoms with Crippen molar-refractivity contribution in [2.75, 3.05) is 0 Å². The van der Waals surface area contributed by atoms with Crippen molar-refractivity contribution in [1.29, 1.82) is 0 Å². The van der Waals surface area contributed by atoms with Gasteiger partial charge in [0.2, 0.25) is 6.10 Å². The number of esters is 1. The van der Waals surface area contributed by atoms with Crippen LogP contribution in [0.25, 0.3) is 0 Å². The molecule has 0 bridgehead atoms. The van der Waals surface area contributed by atoms with Crippen LogP contribution in [0.1, 0.15) is 35.0 Å². The summed E-state index contributed by atoms with van der Waals surface area (Å²) in [5.41, 5.74) is 0.991. The van der Waals surface area contributed by atoms with Crippen LogP contribution in [0.4, 0.5) is 0 Å². The summed E-state index contributed by atoms with van der Waals surface area (Å²) in [6.45, 7) is 0. The number of nitrogens with one attached hydrogen (secondary N) is 2. The number of aromatic nitrogens is 1. The summed E-state index contributed by atoms with van der Waals surface area (Å²) in [5, 5.41) is 2.88. The largest absolute Gasteiger partial charge is 0.443 e. The van der Waals surface area contributed by atoms with Crippen molar-refractivity contribution in [2.45, 2.75) is 25.0 Å². The van der Waals surface area contributed by atoms with Crippen molar-refractivity contribution in [2.24, 2.45) is 0 Å². The van der Waals surface area contributed by atoms with Gasteiger partial charge in [-0.15, -0.1) is 0 Å². The number of carbonyl (C=O) groups is 2. The number of ether oxygens (including phenoxy) is 1. The number of amides is 1. The quantitative estimate of drug-likeness (QED) is 0.827. The Kier molecular flexibility index (Phi) is 3.73. The van der Waals surface area contributed by atoms with Crippen LogP contribution in [-0.2, 0) is 9.53 Å². The summed E-state index contributed by atoms with van der Waals surface area (Å²) < 4.78 is 5.39. The molecule has 5 nitrogen and oxygen atoms in total. The van der Waals surface area contributed by atoms with Gasteiger partial charge in [-0.1, -0.05) is 30.3 Å². The Labute approximate surface area is 122 Å². The number of carbonyl (C=O) groups excluding carboxylic acids is 2. The van der Waals surface area contributed by atoms with Crippen molar-refractivity contribution < 1.29 is 14.3 Å². The highest BCUT2D eigenvalue weighted by Crippen LogP contribution is 2.23. The molecule has 2 aromatic rings. The lowest BCUT2D eigenvalue weighted by Gasteiger charge is -2.17. The molecule has 1 aromatic carbocycles. The maximum absolute atomic E-state index is 12.3. The predicted molar refractivity (Wildman–Crippen MR) is 76.6 cm³/mol. The Hall–Kier alpha value is -2.56. The van der Waals surface area contributed by atoms with E-state index >= 15 is 0 Å². The number of hydrogen-bond acceptors (Lipinski definition) is 3. The fourth-order valence-electron chi connectivity index (χ4n) is 2.03. The lowest BCUT2D eigenvalue weighted by Crippen LogP contribution is -2.33.